The van der Waals surface area contributed by atoms with E-state index in [1.807, 2.05) is 0 Å². The van der Waals surface area contributed by atoms with Gasteiger partial charge in [-0.25, -0.2) is 0 Å². The minimum Gasteiger partial charge on any atom is -0.320 e. The van der Waals surface area contributed by atoms with Crippen LogP contribution in [0, 0.1) is 10.7 Å². The molecule has 1 aliphatic heterocycles. The van der Waals surface area contributed by atoms with Gasteiger partial charge in [0.25, 0.3) is 0 Å². The molecule has 0 atom stereocenters. The van der Waals surface area contributed by atoms with Gasteiger partial charge in [0.1, 0.15) is 0 Å². The number of rotatable bonds is 2. The van der Waals surface area contributed by atoms with Crippen LogP contribution in [-0.4, -0.2) is 22.2 Å². The van der Waals surface area contributed by atoms with Crippen LogP contribution in [-0.2, 0) is 13.7 Å². The minimum atomic E-state index is 0.893. The number of likely N-dealkylation sites (tertiary alicyclic amines) is 1. The van der Waals surface area contributed by atoms with Gasteiger partial charge in [0, 0.05) is 7.05 Å². The fourth-order valence-electron chi connectivity index (χ4n) is 3.07. The number of hydrogen-bond donors (Lipinski definition) is 1. The number of nitrogens with one attached hydrogen (secondary N) is 1. The normalized spacial score (nSPS) is 23.9. The van der Waals surface area contributed by atoms with Crippen molar-refractivity contribution in [2.24, 2.45) is 13.0 Å². The summed E-state index contributed by atoms with van der Waals surface area (Å²) in [6.07, 6.45) is 2.68. The molecule has 0 aliphatic carbocycles. The smallest absolute Gasteiger partial charge is 0.184 e. The lowest BCUT2D eigenvalue weighted by Gasteiger charge is -2.27. The first-order chi connectivity index (χ1) is 9.16. The van der Waals surface area contributed by atoms with Crippen LogP contribution in [0.4, 0.5) is 0 Å². The molecule has 3 rings (SSSR count). The molecule has 1 fully saturated rings. The number of aromatic nitrogens is 2. The molecule has 1 N–H and O–H groups in total. The zero-order valence-electron chi connectivity index (χ0n) is 11.7. The summed E-state index contributed by atoms with van der Waals surface area (Å²) in [4.78, 5) is 1.66. The van der Waals surface area contributed by atoms with Gasteiger partial charge in [-0.05, 0) is 43.1 Å². The molecule has 1 aliphatic rings. The number of imidazole rings is 1. The van der Waals surface area contributed by atoms with Crippen LogP contribution in [0.1, 0.15) is 19.8 Å². The van der Waals surface area contributed by atoms with E-state index >= 15 is 0 Å². The summed E-state index contributed by atoms with van der Waals surface area (Å²) in [5.41, 5.74) is 2.50. The zero-order valence-corrected chi connectivity index (χ0v) is 12.5. The summed E-state index contributed by atoms with van der Waals surface area (Å²) in [7, 11) is 2.06. The van der Waals surface area contributed by atoms with E-state index in [9.17, 15) is 0 Å². The highest BCUT2D eigenvalue weighted by Gasteiger charge is 2.20. The first kappa shape index (κ1) is 12.9. The van der Waals surface area contributed by atoms with E-state index in [1.54, 1.807) is 4.90 Å². The van der Waals surface area contributed by atoms with Crippen LogP contribution in [0.25, 0.3) is 11.0 Å². The number of para-hydroxylation sites is 2. The van der Waals surface area contributed by atoms with E-state index in [-0.39, 0.29) is 0 Å². The molecule has 0 spiro atoms. The standard InChI is InChI=1S/C15H21N3S/c1-12-7-9-17(10-8-12)11-18-14-6-4-3-5-13(14)16(2)15(18)19/h3-6,12H,7-11H2,1-2H3/p+1. The molecule has 1 saturated heterocycles. The third-order valence-electron chi connectivity index (χ3n) is 4.41. The number of piperidine rings is 1. The van der Waals surface area contributed by atoms with E-state index in [2.05, 4.69) is 47.4 Å². The maximum Gasteiger partial charge on any atom is 0.184 e. The number of quaternary nitrogens is 1. The van der Waals surface area contributed by atoms with E-state index in [4.69, 9.17) is 12.2 Å². The lowest BCUT2D eigenvalue weighted by Crippen LogP contribution is -3.12. The molecule has 0 amide bonds. The molecule has 2 aromatic rings. The SMILES string of the molecule is CC1CC[NH+](Cn2c(=S)n(C)c3ccccc32)CC1. The summed E-state index contributed by atoms with van der Waals surface area (Å²) in [6, 6.07) is 8.50. The van der Waals surface area contributed by atoms with Crippen LogP contribution in [0.2, 0.25) is 0 Å². The summed E-state index contributed by atoms with van der Waals surface area (Å²) in [5.74, 6) is 0.893. The lowest BCUT2D eigenvalue weighted by atomic mass is 10.00. The molecule has 2 heterocycles. The number of hydrogen-bond acceptors (Lipinski definition) is 1. The number of aryl methyl sites for hydroxylation is 1. The van der Waals surface area contributed by atoms with Crippen molar-refractivity contribution in [3.8, 4) is 0 Å². The summed E-state index contributed by atoms with van der Waals surface area (Å²) in [5, 5.41) is 0. The summed E-state index contributed by atoms with van der Waals surface area (Å²) >= 11 is 5.60. The Labute approximate surface area is 119 Å². The van der Waals surface area contributed by atoms with E-state index in [0.717, 1.165) is 17.4 Å². The van der Waals surface area contributed by atoms with Gasteiger partial charge in [-0.1, -0.05) is 19.1 Å². The predicted octanol–water partition coefficient (Wildman–Crippen LogP) is 1.98. The van der Waals surface area contributed by atoms with Crippen molar-refractivity contribution >= 4 is 23.3 Å². The van der Waals surface area contributed by atoms with Crippen molar-refractivity contribution in [1.82, 2.24) is 9.13 Å². The average Bonchev–Trinajstić information content (AvgIpc) is 2.67. The van der Waals surface area contributed by atoms with Gasteiger partial charge in [-0.2, -0.15) is 0 Å². The van der Waals surface area contributed by atoms with Crippen LogP contribution < -0.4 is 4.90 Å². The molecule has 0 saturated carbocycles. The first-order valence-corrected chi connectivity index (χ1v) is 7.55. The van der Waals surface area contributed by atoms with Crippen molar-refractivity contribution in [2.75, 3.05) is 13.1 Å². The monoisotopic (exact) mass is 276 g/mol. The van der Waals surface area contributed by atoms with Gasteiger partial charge >= 0.3 is 0 Å². The molecule has 3 nitrogen and oxygen atoms in total. The molecule has 4 heteroatoms. The van der Waals surface area contributed by atoms with Gasteiger partial charge < -0.3 is 9.47 Å². The maximum absolute atomic E-state index is 5.60. The van der Waals surface area contributed by atoms with Crippen molar-refractivity contribution in [3.05, 3.63) is 29.0 Å². The Morgan fingerprint density at radius 3 is 2.53 bits per heavy atom. The van der Waals surface area contributed by atoms with Gasteiger partial charge in [-0.3, -0.25) is 4.57 Å². The Morgan fingerprint density at radius 2 is 1.84 bits per heavy atom. The van der Waals surface area contributed by atoms with Gasteiger partial charge in [0.15, 0.2) is 11.4 Å². The maximum atomic E-state index is 5.60. The predicted molar refractivity (Wildman–Crippen MR) is 80.8 cm³/mol. The molecule has 1 aromatic heterocycles. The Hall–Kier alpha value is -1.13. The molecular weight excluding hydrogens is 254 g/mol. The topological polar surface area (TPSA) is 14.3 Å². The quantitative estimate of drug-likeness (QED) is 0.829. The van der Waals surface area contributed by atoms with Crippen molar-refractivity contribution in [3.63, 3.8) is 0 Å². The van der Waals surface area contributed by atoms with Gasteiger partial charge in [0.05, 0.1) is 24.1 Å². The third kappa shape index (κ3) is 2.35. The second kappa shape index (κ2) is 5.10. The summed E-state index contributed by atoms with van der Waals surface area (Å²) < 4.78 is 5.36. The highest BCUT2D eigenvalue weighted by atomic mass is 32.1. The minimum absolute atomic E-state index is 0.893. The number of benzene rings is 1. The van der Waals surface area contributed by atoms with Crippen LogP contribution in [0.5, 0.6) is 0 Å². The molecular formula is C15H22N3S+. The Bertz CT molecular complexity index is 632. The van der Waals surface area contributed by atoms with Crippen molar-refractivity contribution in [1.29, 1.82) is 0 Å². The first-order valence-electron chi connectivity index (χ1n) is 7.14. The largest absolute Gasteiger partial charge is 0.320 e. The molecule has 19 heavy (non-hydrogen) atoms. The Balaban J connectivity index is 1.93. The molecule has 0 radical (unpaired) electrons. The van der Waals surface area contributed by atoms with Crippen LogP contribution >= 0.6 is 12.2 Å². The van der Waals surface area contributed by atoms with E-state index < -0.39 is 0 Å². The van der Waals surface area contributed by atoms with Gasteiger partial charge in [-0.15, -0.1) is 0 Å². The molecule has 102 valence electrons. The Morgan fingerprint density at radius 1 is 1.21 bits per heavy atom. The van der Waals surface area contributed by atoms with E-state index in [0.29, 0.717) is 0 Å². The molecule has 0 unspecified atom stereocenters. The highest BCUT2D eigenvalue weighted by molar-refractivity contribution is 7.71. The van der Waals surface area contributed by atoms with E-state index in [1.165, 1.54) is 37.0 Å². The van der Waals surface area contributed by atoms with Crippen LogP contribution in [0.3, 0.4) is 0 Å². The second-order valence-corrected chi connectivity index (χ2v) is 6.21. The highest BCUT2D eigenvalue weighted by Crippen LogP contribution is 2.15. The third-order valence-corrected chi connectivity index (χ3v) is 4.91. The zero-order chi connectivity index (χ0) is 13.4. The van der Waals surface area contributed by atoms with Crippen LogP contribution in [0.15, 0.2) is 24.3 Å². The lowest BCUT2D eigenvalue weighted by molar-refractivity contribution is -0.928. The molecule has 1 aromatic carbocycles. The fraction of sp³-hybridized carbons (Fsp3) is 0.533. The van der Waals surface area contributed by atoms with Crippen molar-refractivity contribution < 1.29 is 4.90 Å². The van der Waals surface area contributed by atoms with Gasteiger partial charge in [0.2, 0.25) is 0 Å². The number of nitrogens with zero attached hydrogens (tertiary/aromatic N) is 2. The molecule has 0 bridgehead atoms. The average molecular weight is 276 g/mol. The summed E-state index contributed by atoms with van der Waals surface area (Å²) in [6.45, 7) is 5.91. The number of fused-ring (bicyclic) bond motifs is 1. The fourth-order valence-corrected chi connectivity index (χ4v) is 3.33. The Kier molecular flexibility index (Phi) is 3.46. The van der Waals surface area contributed by atoms with Crippen molar-refractivity contribution in [2.45, 2.75) is 26.4 Å². The second-order valence-electron chi connectivity index (χ2n) is 5.85.